The highest BCUT2D eigenvalue weighted by Crippen LogP contribution is 2.21. The highest BCUT2D eigenvalue weighted by atomic mass is 16.2. The Balaban J connectivity index is 0.000000176. The maximum atomic E-state index is 11.8. The second-order valence-corrected chi connectivity index (χ2v) is 10.2. The molecule has 0 saturated heterocycles. The van der Waals surface area contributed by atoms with Gasteiger partial charge in [0.05, 0.1) is 18.1 Å². The first-order valence-corrected chi connectivity index (χ1v) is 13.5. The van der Waals surface area contributed by atoms with Crippen LogP contribution in [0, 0.1) is 0 Å². The van der Waals surface area contributed by atoms with E-state index in [1.807, 2.05) is 0 Å². The van der Waals surface area contributed by atoms with Crippen LogP contribution in [0.5, 0.6) is 0 Å². The molecule has 0 radical (unpaired) electrons. The molecule has 0 aromatic rings. The number of hydrogen-bond donors (Lipinski definition) is 2. The number of carbonyl (C=O) groups is 1. The van der Waals surface area contributed by atoms with Crippen LogP contribution in [0.2, 0.25) is 0 Å². The van der Waals surface area contributed by atoms with Crippen LogP contribution >= 0.6 is 0 Å². The van der Waals surface area contributed by atoms with Gasteiger partial charge in [-0.25, -0.2) is 14.8 Å². The van der Waals surface area contributed by atoms with Crippen LogP contribution in [-0.2, 0) is 0 Å². The summed E-state index contributed by atoms with van der Waals surface area (Å²) in [6.45, 7) is 0. The molecule has 2 N–H and O–H groups in total. The second kappa shape index (κ2) is 14.7. The Morgan fingerprint density at radius 1 is 0.516 bits per heavy atom. The molecule has 5 nitrogen and oxygen atoms in total. The van der Waals surface area contributed by atoms with Gasteiger partial charge in [-0.05, 0) is 51.4 Å². The number of urea groups is 1. The number of aliphatic imine (C=N–C) groups is 2. The minimum atomic E-state index is 0.0683. The molecule has 176 valence electrons. The SMILES string of the molecule is C(=NC1CCCCC1)=NC1CCCCC1.O=C(NC1CCCCC1)NC1CCCCC1. The van der Waals surface area contributed by atoms with Gasteiger partial charge in [0.25, 0.3) is 0 Å². The molecule has 0 heterocycles. The van der Waals surface area contributed by atoms with Crippen molar-refractivity contribution in [3.63, 3.8) is 0 Å². The van der Waals surface area contributed by atoms with Gasteiger partial charge in [0, 0.05) is 12.1 Å². The van der Waals surface area contributed by atoms with E-state index in [0.717, 1.165) is 25.7 Å². The summed E-state index contributed by atoms with van der Waals surface area (Å²) in [6, 6.07) is 4.97. The molecule has 4 aliphatic carbocycles. The lowest BCUT2D eigenvalue weighted by atomic mass is 9.95. The van der Waals surface area contributed by atoms with E-state index in [2.05, 4.69) is 26.6 Å². The summed E-state index contributed by atoms with van der Waals surface area (Å²) in [5.74, 6) is 0. The average molecular weight is 431 g/mol. The number of nitrogens with one attached hydrogen (secondary N) is 2. The lowest BCUT2D eigenvalue weighted by Crippen LogP contribution is -2.47. The number of hydrogen-bond acceptors (Lipinski definition) is 3. The molecule has 31 heavy (non-hydrogen) atoms. The van der Waals surface area contributed by atoms with Crippen molar-refractivity contribution in [2.45, 2.75) is 153 Å². The number of rotatable bonds is 4. The van der Waals surface area contributed by atoms with Gasteiger partial charge in [0.15, 0.2) is 0 Å². The molecule has 0 spiro atoms. The number of carbonyl (C=O) groups excluding carboxylic acids is 1. The quantitative estimate of drug-likeness (QED) is 0.474. The van der Waals surface area contributed by atoms with Crippen molar-refractivity contribution in [2.24, 2.45) is 9.98 Å². The van der Waals surface area contributed by atoms with Gasteiger partial charge < -0.3 is 10.6 Å². The third kappa shape index (κ3) is 10.2. The van der Waals surface area contributed by atoms with Crippen LogP contribution in [0.15, 0.2) is 9.98 Å². The lowest BCUT2D eigenvalue weighted by Gasteiger charge is -2.26. The highest BCUT2D eigenvalue weighted by molar-refractivity contribution is 5.74. The van der Waals surface area contributed by atoms with Crippen LogP contribution < -0.4 is 10.6 Å². The number of nitrogens with zero attached hydrogens (tertiary/aromatic N) is 2. The van der Waals surface area contributed by atoms with Crippen molar-refractivity contribution in [1.82, 2.24) is 10.6 Å². The maximum absolute atomic E-state index is 11.8. The molecule has 0 unspecified atom stereocenters. The molecule has 0 bridgehead atoms. The van der Waals surface area contributed by atoms with Gasteiger partial charge >= 0.3 is 6.03 Å². The van der Waals surface area contributed by atoms with E-state index in [4.69, 9.17) is 0 Å². The summed E-state index contributed by atoms with van der Waals surface area (Å²) < 4.78 is 0. The standard InChI is InChI=1S/C13H24N2O.C13H22N2/c16-13(14-11-7-3-1-4-8-11)15-12-9-5-2-6-10-12;1-3-7-12(8-4-1)14-11-15-13-9-5-2-6-10-13/h11-12H,1-10H2,(H2,14,15,16);12-13H,1-10H2. The molecule has 4 fully saturated rings. The Labute approximate surface area is 190 Å². The summed E-state index contributed by atoms with van der Waals surface area (Å²) in [4.78, 5) is 20.7. The summed E-state index contributed by atoms with van der Waals surface area (Å²) in [6.07, 6.45) is 25.6. The number of amides is 2. The van der Waals surface area contributed by atoms with Crippen LogP contribution in [0.3, 0.4) is 0 Å². The summed E-state index contributed by atoms with van der Waals surface area (Å²) in [5.41, 5.74) is 0. The fraction of sp³-hybridized carbons (Fsp3) is 0.923. The fourth-order valence-electron chi connectivity index (χ4n) is 5.52. The Morgan fingerprint density at radius 2 is 0.839 bits per heavy atom. The molecule has 4 saturated carbocycles. The third-order valence-electron chi connectivity index (χ3n) is 7.51. The molecule has 4 rings (SSSR count). The zero-order valence-corrected chi connectivity index (χ0v) is 19.8. The predicted molar refractivity (Wildman–Crippen MR) is 129 cm³/mol. The van der Waals surface area contributed by atoms with E-state index in [9.17, 15) is 4.79 Å². The monoisotopic (exact) mass is 430 g/mol. The molecule has 0 aromatic heterocycles. The topological polar surface area (TPSA) is 65.8 Å². The first kappa shape index (κ1) is 24.3. The minimum Gasteiger partial charge on any atom is -0.335 e. The van der Waals surface area contributed by atoms with Crippen LogP contribution in [0.25, 0.3) is 0 Å². The smallest absolute Gasteiger partial charge is 0.315 e. The van der Waals surface area contributed by atoms with E-state index >= 15 is 0 Å². The molecular weight excluding hydrogens is 384 g/mol. The third-order valence-corrected chi connectivity index (χ3v) is 7.51. The summed E-state index contributed by atoms with van der Waals surface area (Å²) in [7, 11) is 0. The molecule has 0 aromatic carbocycles. The Bertz CT molecular complexity index is 504. The van der Waals surface area contributed by atoms with Crippen molar-refractivity contribution in [3.05, 3.63) is 0 Å². The van der Waals surface area contributed by atoms with E-state index in [0.29, 0.717) is 24.2 Å². The van der Waals surface area contributed by atoms with Crippen molar-refractivity contribution in [3.8, 4) is 0 Å². The normalized spacial score (nSPS) is 24.3. The van der Waals surface area contributed by atoms with Gasteiger partial charge in [0.1, 0.15) is 0 Å². The molecule has 0 aliphatic heterocycles. The lowest BCUT2D eigenvalue weighted by molar-refractivity contribution is 0.224. The van der Waals surface area contributed by atoms with Crippen molar-refractivity contribution < 1.29 is 4.79 Å². The molecular formula is C26H46N4O. The minimum absolute atomic E-state index is 0.0683. The highest BCUT2D eigenvalue weighted by Gasteiger charge is 2.19. The average Bonchev–Trinajstić information content (AvgIpc) is 2.82. The zero-order chi connectivity index (χ0) is 21.6. The van der Waals surface area contributed by atoms with Gasteiger partial charge in [-0.2, -0.15) is 0 Å². The Kier molecular flexibility index (Phi) is 11.5. The van der Waals surface area contributed by atoms with Gasteiger partial charge in [-0.1, -0.05) is 77.0 Å². The summed E-state index contributed by atoms with van der Waals surface area (Å²) in [5, 5.41) is 6.23. The largest absolute Gasteiger partial charge is 0.335 e. The second-order valence-electron chi connectivity index (χ2n) is 10.2. The first-order valence-electron chi connectivity index (χ1n) is 13.5. The molecule has 4 aliphatic rings. The van der Waals surface area contributed by atoms with E-state index < -0.39 is 0 Å². The van der Waals surface area contributed by atoms with Crippen molar-refractivity contribution in [1.29, 1.82) is 0 Å². The summed E-state index contributed by atoms with van der Waals surface area (Å²) >= 11 is 0. The van der Waals surface area contributed by atoms with Gasteiger partial charge in [0.2, 0.25) is 0 Å². The molecule has 5 heteroatoms. The van der Waals surface area contributed by atoms with Crippen molar-refractivity contribution >= 4 is 12.0 Å². The van der Waals surface area contributed by atoms with Crippen molar-refractivity contribution in [2.75, 3.05) is 0 Å². The zero-order valence-electron chi connectivity index (χ0n) is 19.8. The van der Waals surface area contributed by atoms with E-state index in [1.165, 1.54) is 103 Å². The molecule has 0 atom stereocenters. The first-order chi connectivity index (χ1) is 15.3. The maximum Gasteiger partial charge on any atom is 0.315 e. The Hall–Kier alpha value is -1.35. The van der Waals surface area contributed by atoms with Crippen LogP contribution in [0.1, 0.15) is 128 Å². The van der Waals surface area contributed by atoms with Crippen LogP contribution in [0.4, 0.5) is 4.79 Å². The van der Waals surface area contributed by atoms with Gasteiger partial charge in [-0.3, -0.25) is 0 Å². The fourth-order valence-corrected chi connectivity index (χ4v) is 5.52. The predicted octanol–water partition coefficient (Wildman–Crippen LogP) is 6.78. The van der Waals surface area contributed by atoms with Crippen LogP contribution in [-0.4, -0.2) is 36.2 Å². The van der Waals surface area contributed by atoms with Gasteiger partial charge in [-0.15, -0.1) is 0 Å². The van der Waals surface area contributed by atoms with E-state index in [1.54, 1.807) is 0 Å². The Morgan fingerprint density at radius 3 is 1.19 bits per heavy atom. The van der Waals surface area contributed by atoms with E-state index in [-0.39, 0.29) is 6.03 Å². The molecule has 2 amide bonds.